The molecule has 1 atom stereocenters. The molecule has 0 fully saturated rings. The summed E-state index contributed by atoms with van der Waals surface area (Å²) in [6, 6.07) is 18.5. The van der Waals surface area contributed by atoms with Gasteiger partial charge in [0.2, 0.25) is 5.91 Å². The number of hydrogen-bond donors (Lipinski definition) is 1. The second kappa shape index (κ2) is 6.42. The highest BCUT2D eigenvalue weighted by Gasteiger charge is 2.07. The number of benzene rings is 2. The van der Waals surface area contributed by atoms with Gasteiger partial charge in [0.15, 0.2) is 0 Å². The van der Waals surface area contributed by atoms with Crippen molar-refractivity contribution in [2.24, 2.45) is 5.73 Å². The van der Waals surface area contributed by atoms with Crippen molar-refractivity contribution in [3.8, 4) is 10.4 Å². The summed E-state index contributed by atoms with van der Waals surface area (Å²) in [5.74, 6) is -0.256. The largest absolute Gasteiger partial charge is 0.369 e. The Kier molecular flexibility index (Phi) is 4.36. The summed E-state index contributed by atoms with van der Waals surface area (Å²) in [5, 5.41) is 1.24. The van der Waals surface area contributed by atoms with Crippen LogP contribution >= 0.6 is 11.3 Å². The Morgan fingerprint density at radius 1 is 1.09 bits per heavy atom. The summed E-state index contributed by atoms with van der Waals surface area (Å²) >= 11 is 1.76. The Morgan fingerprint density at radius 2 is 1.82 bits per heavy atom. The Balaban J connectivity index is 1.79. The van der Waals surface area contributed by atoms with Crippen molar-refractivity contribution in [1.82, 2.24) is 0 Å². The monoisotopic (exact) mass is 329 g/mol. The minimum atomic E-state index is -1.24. The summed E-state index contributed by atoms with van der Waals surface area (Å²) in [7, 11) is -1.24. The van der Waals surface area contributed by atoms with Gasteiger partial charge in [0.05, 0.1) is 0 Å². The fourth-order valence-corrected chi connectivity index (χ4v) is 4.34. The molecule has 1 amide bonds. The molecule has 1 aromatic heterocycles. The SMILES string of the molecule is NC(=O)CS(=O)Cc1ccc(-c2cc3ccccc3s2)cc1. The topological polar surface area (TPSA) is 60.2 Å². The first-order valence-electron chi connectivity index (χ1n) is 6.83. The van der Waals surface area contributed by atoms with E-state index in [9.17, 15) is 9.00 Å². The Hall–Kier alpha value is -1.98. The first kappa shape index (κ1) is 14.9. The van der Waals surface area contributed by atoms with Gasteiger partial charge in [0.1, 0.15) is 5.75 Å². The number of amides is 1. The molecule has 112 valence electrons. The highest BCUT2D eigenvalue weighted by atomic mass is 32.2. The first-order valence-corrected chi connectivity index (χ1v) is 9.13. The van der Waals surface area contributed by atoms with Crippen molar-refractivity contribution in [3.05, 3.63) is 60.2 Å². The number of primary amides is 1. The van der Waals surface area contributed by atoms with Gasteiger partial charge in [-0.2, -0.15) is 0 Å². The van der Waals surface area contributed by atoms with Gasteiger partial charge in [-0.3, -0.25) is 9.00 Å². The van der Waals surface area contributed by atoms with Crippen LogP contribution in [0.5, 0.6) is 0 Å². The molecule has 0 spiro atoms. The summed E-state index contributed by atoms with van der Waals surface area (Å²) < 4.78 is 13.0. The molecule has 5 heteroatoms. The van der Waals surface area contributed by atoms with Crippen molar-refractivity contribution in [3.63, 3.8) is 0 Å². The van der Waals surface area contributed by atoms with Crippen LogP contribution in [0, 0.1) is 0 Å². The highest BCUT2D eigenvalue weighted by Crippen LogP contribution is 2.33. The maximum Gasteiger partial charge on any atom is 0.230 e. The van der Waals surface area contributed by atoms with Crippen LogP contribution in [0.15, 0.2) is 54.6 Å². The predicted octanol–water partition coefficient (Wildman–Crippen LogP) is 3.30. The van der Waals surface area contributed by atoms with Crippen molar-refractivity contribution in [1.29, 1.82) is 0 Å². The van der Waals surface area contributed by atoms with Gasteiger partial charge in [-0.25, -0.2) is 0 Å². The average Bonchev–Trinajstić information content (AvgIpc) is 2.91. The van der Waals surface area contributed by atoms with Gasteiger partial charge < -0.3 is 5.73 Å². The second-order valence-electron chi connectivity index (χ2n) is 5.04. The minimum Gasteiger partial charge on any atom is -0.369 e. The summed E-state index contributed by atoms with van der Waals surface area (Å²) in [4.78, 5) is 12.0. The Labute approximate surface area is 135 Å². The number of nitrogens with two attached hydrogens (primary N) is 1. The lowest BCUT2D eigenvalue weighted by atomic mass is 10.1. The molecule has 0 aliphatic heterocycles. The van der Waals surface area contributed by atoms with Gasteiger partial charge in [0.25, 0.3) is 0 Å². The van der Waals surface area contributed by atoms with E-state index >= 15 is 0 Å². The number of rotatable bonds is 5. The van der Waals surface area contributed by atoms with Crippen LogP contribution in [0.3, 0.4) is 0 Å². The summed E-state index contributed by atoms with van der Waals surface area (Å²) in [5.41, 5.74) is 7.15. The Bertz CT molecular complexity index is 804. The third kappa shape index (κ3) is 3.43. The highest BCUT2D eigenvalue weighted by molar-refractivity contribution is 7.84. The smallest absolute Gasteiger partial charge is 0.230 e. The maximum absolute atomic E-state index is 11.7. The second-order valence-corrected chi connectivity index (χ2v) is 7.58. The fraction of sp³-hybridized carbons (Fsp3) is 0.118. The van der Waals surface area contributed by atoms with E-state index in [2.05, 4.69) is 18.2 Å². The zero-order chi connectivity index (χ0) is 15.5. The lowest BCUT2D eigenvalue weighted by Crippen LogP contribution is -2.20. The molecule has 22 heavy (non-hydrogen) atoms. The minimum absolute atomic E-state index is 0.0853. The zero-order valence-electron chi connectivity index (χ0n) is 11.8. The van der Waals surface area contributed by atoms with E-state index < -0.39 is 16.7 Å². The van der Waals surface area contributed by atoms with Crippen molar-refractivity contribution in [2.45, 2.75) is 5.75 Å². The van der Waals surface area contributed by atoms with Crippen molar-refractivity contribution in [2.75, 3.05) is 5.75 Å². The van der Waals surface area contributed by atoms with Crippen LogP contribution in [0.4, 0.5) is 0 Å². The van der Waals surface area contributed by atoms with Gasteiger partial charge in [0, 0.05) is 26.1 Å². The number of carbonyl (C=O) groups excluding carboxylic acids is 1. The van der Waals surface area contributed by atoms with Crippen molar-refractivity contribution < 1.29 is 9.00 Å². The molecular weight excluding hydrogens is 314 g/mol. The zero-order valence-corrected chi connectivity index (χ0v) is 13.5. The average molecular weight is 329 g/mol. The van der Waals surface area contributed by atoms with E-state index in [0.717, 1.165) is 11.1 Å². The molecule has 0 saturated heterocycles. The molecule has 2 aromatic carbocycles. The molecule has 0 bridgehead atoms. The van der Waals surface area contributed by atoms with Gasteiger partial charge >= 0.3 is 0 Å². The summed E-state index contributed by atoms with van der Waals surface area (Å²) in [6.45, 7) is 0. The van der Waals surface area contributed by atoms with Crippen LogP contribution in [0.25, 0.3) is 20.5 Å². The van der Waals surface area contributed by atoms with E-state index in [0.29, 0.717) is 5.75 Å². The van der Waals surface area contributed by atoms with Gasteiger partial charge in [-0.05, 0) is 28.6 Å². The van der Waals surface area contributed by atoms with Crippen LogP contribution < -0.4 is 5.73 Å². The molecule has 3 aromatic rings. The van der Waals surface area contributed by atoms with Crippen LogP contribution in [-0.2, 0) is 21.3 Å². The van der Waals surface area contributed by atoms with E-state index in [4.69, 9.17) is 5.73 Å². The molecule has 1 unspecified atom stereocenters. The predicted molar refractivity (Wildman–Crippen MR) is 93.2 cm³/mol. The quantitative estimate of drug-likeness (QED) is 0.781. The Morgan fingerprint density at radius 3 is 2.50 bits per heavy atom. The maximum atomic E-state index is 11.7. The van der Waals surface area contributed by atoms with Crippen LogP contribution in [0.1, 0.15) is 5.56 Å². The molecular formula is C17H15NO2S2. The molecule has 0 radical (unpaired) electrons. The molecule has 0 aliphatic carbocycles. The van der Waals surface area contributed by atoms with Crippen molar-refractivity contribution >= 4 is 38.1 Å². The molecule has 3 nitrogen and oxygen atoms in total. The van der Waals surface area contributed by atoms with E-state index in [-0.39, 0.29) is 5.75 Å². The van der Waals surface area contributed by atoms with E-state index in [1.54, 1.807) is 11.3 Å². The molecule has 1 heterocycles. The fourth-order valence-electron chi connectivity index (χ4n) is 2.28. The first-order chi connectivity index (χ1) is 10.6. The lowest BCUT2D eigenvalue weighted by Gasteiger charge is -2.02. The third-order valence-corrected chi connectivity index (χ3v) is 5.72. The van der Waals surface area contributed by atoms with Gasteiger partial charge in [-0.1, -0.05) is 42.5 Å². The molecule has 0 saturated carbocycles. The molecule has 2 N–H and O–H groups in total. The van der Waals surface area contributed by atoms with E-state index in [1.165, 1.54) is 15.0 Å². The molecule has 0 aliphatic rings. The lowest BCUT2D eigenvalue weighted by molar-refractivity contribution is -0.115. The van der Waals surface area contributed by atoms with Crippen LogP contribution in [0.2, 0.25) is 0 Å². The number of thiophene rings is 1. The normalized spacial score (nSPS) is 12.4. The summed E-state index contributed by atoms with van der Waals surface area (Å²) in [6.07, 6.45) is 0. The third-order valence-electron chi connectivity index (χ3n) is 3.29. The number of fused-ring (bicyclic) bond motifs is 1. The molecule has 3 rings (SSSR count). The number of hydrogen-bond acceptors (Lipinski definition) is 3. The van der Waals surface area contributed by atoms with Crippen LogP contribution in [-0.4, -0.2) is 15.9 Å². The number of carbonyl (C=O) groups is 1. The van der Waals surface area contributed by atoms with Gasteiger partial charge in [-0.15, -0.1) is 11.3 Å². The van der Waals surface area contributed by atoms with E-state index in [1.807, 2.05) is 36.4 Å². The standard InChI is InChI=1S/C17H15NO2S2/c18-17(19)11-22(20)10-12-5-7-13(8-6-12)16-9-14-3-1-2-4-15(14)21-16/h1-9H,10-11H2,(H2,18,19).